The largest absolute Gasteiger partial charge is 0.379 e. The summed E-state index contributed by atoms with van der Waals surface area (Å²) < 4.78 is 18.1. The predicted molar refractivity (Wildman–Crippen MR) is 106 cm³/mol. The molecular weight excluding hydrogens is 324 g/mol. The average Bonchev–Trinajstić information content (AvgIpc) is 2.69. The first kappa shape index (κ1) is 20.6. The maximum Gasteiger partial charge on any atom is 0.0704 e. The van der Waals surface area contributed by atoms with Crippen molar-refractivity contribution in [3.8, 4) is 0 Å². The molecule has 0 bridgehead atoms. The van der Waals surface area contributed by atoms with Crippen molar-refractivity contribution in [1.29, 1.82) is 0 Å². The zero-order chi connectivity index (χ0) is 18.0. The molecule has 0 unspecified atom stereocenters. The molecule has 0 heterocycles. The minimum absolute atomic E-state index is 0.434. The molecular formula is C23H42O3. The number of rotatable bonds is 9. The summed E-state index contributed by atoms with van der Waals surface area (Å²) in [6.07, 6.45) is 18.1. The molecule has 0 saturated heterocycles. The van der Waals surface area contributed by atoms with Gasteiger partial charge in [-0.3, -0.25) is 0 Å². The van der Waals surface area contributed by atoms with E-state index in [9.17, 15) is 0 Å². The van der Waals surface area contributed by atoms with E-state index in [0.29, 0.717) is 12.2 Å². The highest BCUT2D eigenvalue weighted by Crippen LogP contribution is 2.29. The molecule has 3 fully saturated rings. The molecule has 3 saturated carbocycles. The predicted octanol–water partition coefficient (Wildman–Crippen LogP) is 5.75. The van der Waals surface area contributed by atoms with E-state index in [-0.39, 0.29) is 0 Å². The van der Waals surface area contributed by atoms with Gasteiger partial charge < -0.3 is 14.2 Å². The molecule has 0 amide bonds. The van der Waals surface area contributed by atoms with Gasteiger partial charge in [-0.1, -0.05) is 39.0 Å². The Balaban J connectivity index is 1.16. The van der Waals surface area contributed by atoms with Crippen LogP contribution in [0.15, 0.2) is 0 Å². The minimum Gasteiger partial charge on any atom is -0.379 e. The summed E-state index contributed by atoms with van der Waals surface area (Å²) in [7, 11) is 0. The maximum atomic E-state index is 6.21. The monoisotopic (exact) mass is 366 g/mol. The summed E-state index contributed by atoms with van der Waals surface area (Å²) in [5.41, 5.74) is 0. The number of ether oxygens (including phenoxy) is 3. The molecule has 0 aromatic carbocycles. The maximum absolute atomic E-state index is 6.21. The van der Waals surface area contributed by atoms with Crippen molar-refractivity contribution in [3.63, 3.8) is 0 Å². The molecule has 3 nitrogen and oxygen atoms in total. The van der Waals surface area contributed by atoms with Crippen LogP contribution < -0.4 is 0 Å². The van der Waals surface area contributed by atoms with Crippen LogP contribution in [0.2, 0.25) is 0 Å². The number of hydrogen-bond donors (Lipinski definition) is 0. The second-order valence-electron chi connectivity index (χ2n) is 9.31. The minimum atomic E-state index is 0.434. The second-order valence-corrected chi connectivity index (χ2v) is 9.31. The van der Waals surface area contributed by atoms with E-state index >= 15 is 0 Å². The van der Waals surface area contributed by atoms with Crippen molar-refractivity contribution in [2.45, 2.75) is 103 Å². The molecule has 0 N–H and O–H groups in total. The van der Waals surface area contributed by atoms with Crippen LogP contribution in [-0.4, -0.2) is 38.6 Å². The summed E-state index contributed by atoms with van der Waals surface area (Å²) in [5.74, 6) is 2.56. The van der Waals surface area contributed by atoms with Crippen molar-refractivity contribution in [2.75, 3.05) is 26.4 Å². The lowest BCUT2D eigenvalue weighted by Gasteiger charge is -2.30. The Kier molecular flexibility index (Phi) is 9.24. The van der Waals surface area contributed by atoms with E-state index in [1.54, 1.807) is 0 Å². The first-order chi connectivity index (χ1) is 12.8. The Morgan fingerprint density at radius 2 is 1.19 bits per heavy atom. The highest BCUT2D eigenvalue weighted by molar-refractivity contribution is 4.74. The third-order valence-electron chi connectivity index (χ3n) is 6.98. The summed E-state index contributed by atoms with van der Waals surface area (Å²) in [4.78, 5) is 0. The molecule has 26 heavy (non-hydrogen) atoms. The van der Waals surface area contributed by atoms with Gasteiger partial charge >= 0.3 is 0 Å². The summed E-state index contributed by atoms with van der Waals surface area (Å²) >= 11 is 0. The van der Waals surface area contributed by atoms with E-state index in [2.05, 4.69) is 6.92 Å². The fourth-order valence-electron chi connectivity index (χ4n) is 5.01. The molecule has 3 rings (SSSR count). The van der Waals surface area contributed by atoms with E-state index in [4.69, 9.17) is 14.2 Å². The topological polar surface area (TPSA) is 27.7 Å². The highest BCUT2D eigenvalue weighted by Gasteiger charge is 2.24. The van der Waals surface area contributed by atoms with Crippen molar-refractivity contribution < 1.29 is 14.2 Å². The molecule has 0 aliphatic heterocycles. The zero-order valence-electron chi connectivity index (χ0n) is 17.1. The Labute approximate surface area is 161 Å². The normalized spacial score (nSPS) is 34.0. The van der Waals surface area contributed by atoms with Gasteiger partial charge in [0, 0.05) is 13.2 Å². The van der Waals surface area contributed by atoms with Crippen molar-refractivity contribution in [2.24, 2.45) is 17.8 Å². The third-order valence-corrected chi connectivity index (χ3v) is 6.98. The molecule has 0 spiro atoms. The lowest BCUT2D eigenvalue weighted by atomic mass is 9.83. The van der Waals surface area contributed by atoms with Gasteiger partial charge in [0.25, 0.3) is 0 Å². The summed E-state index contributed by atoms with van der Waals surface area (Å²) in [5, 5.41) is 0. The van der Waals surface area contributed by atoms with Crippen LogP contribution in [0.25, 0.3) is 0 Å². The molecule has 0 radical (unpaired) electrons. The average molecular weight is 367 g/mol. The van der Waals surface area contributed by atoms with Crippen LogP contribution in [-0.2, 0) is 14.2 Å². The van der Waals surface area contributed by atoms with Crippen LogP contribution in [0.1, 0.15) is 90.4 Å². The van der Waals surface area contributed by atoms with Gasteiger partial charge in [0.15, 0.2) is 0 Å². The van der Waals surface area contributed by atoms with E-state index < -0.39 is 0 Å². The van der Waals surface area contributed by atoms with E-state index in [1.165, 1.54) is 70.6 Å². The molecule has 3 aliphatic carbocycles. The third kappa shape index (κ3) is 7.48. The smallest absolute Gasteiger partial charge is 0.0704 e. The van der Waals surface area contributed by atoms with Gasteiger partial charge in [0.05, 0.1) is 25.4 Å². The van der Waals surface area contributed by atoms with Gasteiger partial charge in [-0.15, -0.1) is 0 Å². The fraction of sp³-hybridized carbons (Fsp3) is 1.00. The first-order valence-corrected chi connectivity index (χ1v) is 11.6. The lowest BCUT2D eigenvalue weighted by molar-refractivity contribution is -0.0560. The lowest BCUT2D eigenvalue weighted by Crippen LogP contribution is -2.29. The Bertz CT molecular complexity index is 350. The highest BCUT2D eigenvalue weighted by atomic mass is 16.5. The molecule has 3 heteroatoms. The van der Waals surface area contributed by atoms with Crippen LogP contribution >= 0.6 is 0 Å². The van der Waals surface area contributed by atoms with Crippen LogP contribution in [0, 0.1) is 17.8 Å². The van der Waals surface area contributed by atoms with Gasteiger partial charge in [0.1, 0.15) is 0 Å². The Morgan fingerprint density at radius 3 is 1.88 bits per heavy atom. The Morgan fingerprint density at radius 1 is 0.577 bits per heavy atom. The van der Waals surface area contributed by atoms with Crippen LogP contribution in [0.4, 0.5) is 0 Å². The van der Waals surface area contributed by atoms with Gasteiger partial charge in [-0.05, 0) is 69.1 Å². The molecule has 0 aromatic heterocycles. The number of hydrogen-bond acceptors (Lipinski definition) is 3. The summed E-state index contributed by atoms with van der Waals surface area (Å²) in [6, 6.07) is 0. The van der Waals surface area contributed by atoms with Gasteiger partial charge in [-0.25, -0.2) is 0 Å². The SMILES string of the molecule is CC1CCC(COCCOC2CCC(OCC3CCCCC3)CC2)CC1. The first-order valence-electron chi connectivity index (χ1n) is 11.6. The Hall–Kier alpha value is -0.120. The van der Waals surface area contributed by atoms with Gasteiger partial charge in [0.2, 0.25) is 0 Å². The summed E-state index contributed by atoms with van der Waals surface area (Å²) in [6.45, 7) is 5.86. The van der Waals surface area contributed by atoms with E-state index in [1.807, 2.05) is 0 Å². The van der Waals surface area contributed by atoms with Crippen molar-refractivity contribution in [1.82, 2.24) is 0 Å². The molecule has 3 aliphatic rings. The van der Waals surface area contributed by atoms with Crippen LogP contribution in [0.5, 0.6) is 0 Å². The van der Waals surface area contributed by atoms with Crippen molar-refractivity contribution >= 4 is 0 Å². The zero-order valence-corrected chi connectivity index (χ0v) is 17.1. The quantitative estimate of drug-likeness (QED) is 0.486. The van der Waals surface area contributed by atoms with E-state index in [0.717, 1.165) is 57.0 Å². The van der Waals surface area contributed by atoms with Crippen molar-refractivity contribution in [3.05, 3.63) is 0 Å². The van der Waals surface area contributed by atoms with Gasteiger partial charge in [-0.2, -0.15) is 0 Å². The second kappa shape index (κ2) is 11.7. The molecule has 0 aromatic rings. The fourth-order valence-corrected chi connectivity index (χ4v) is 5.01. The van der Waals surface area contributed by atoms with Crippen LogP contribution in [0.3, 0.4) is 0 Å². The molecule has 0 atom stereocenters. The molecule has 152 valence electrons. The standard InChI is InChI=1S/C23H42O3/c1-19-7-9-21(10-8-19)17-24-15-16-25-22-11-13-23(14-12-22)26-18-20-5-3-2-4-6-20/h19-23H,2-18H2,1H3.